The Balaban J connectivity index is 0.00000338. The Morgan fingerprint density at radius 3 is 2.69 bits per heavy atom. The molecule has 0 spiro atoms. The zero-order valence-corrected chi connectivity index (χ0v) is 16.9. The van der Waals surface area contributed by atoms with Crippen molar-refractivity contribution in [1.82, 2.24) is 20.2 Å². The van der Waals surface area contributed by atoms with Gasteiger partial charge in [-0.2, -0.15) is 4.98 Å². The fraction of sp³-hybridized carbons (Fsp3) is 0.722. The van der Waals surface area contributed by atoms with Crippen LogP contribution in [0.1, 0.15) is 56.7 Å². The number of nitrogens with one attached hydrogen (secondary N) is 2. The smallest absolute Gasteiger partial charge is 0.345 e. The van der Waals surface area contributed by atoms with Crippen molar-refractivity contribution in [3.05, 3.63) is 27.9 Å². The highest BCUT2D eigenvalue weighted by atomic mass is 35.5. The van der Waals surface area contributed by atoms with Gasteiger partial charge in [0.1, 0.15) is 5.69 Å². The van der Waals surface area contributed by atoms with E-state index >= 15 is 0 Å². The van der Waals surface area contributed by atoms with Crippen LogP contribution < -0.4 is 11.0 Å². The van der Waals surface area contributed by atoms with Crippen LogP contribution in [-0.2, 0) is 5.41 Å². The number of aromatic nitrogens is 2. The van der Waals surface area contributed by atoms with Crippen LogP contribution in [0.15, 0.2) is 10.9 Å². The van der Waals surface area contributed by atoms with Crippen LogP contribution in [0.3, 0.4) is 0 Å². The van der Waals surface area contributed by atoms with Crippen molar-refractivity contribution in [2.24, 2.45) is 5.92 Å². The third kappa shape index (κ3) is 5.79. The molecule has 3 N–H and O–H groups in total. The molecule has 0 aromatic carbocycles. The van der Waals surface area contributed by atoms with Crippen molar-refractivity contribution < 1.29 is 9.90 Å². The molecule has 2 atom stereocenters. The van der Waals surface area contributed by atoms with Gasteiger partial charge in [-0.05, 0) is 18.4 Å². The van der Waals surface area contributed by atoms with E-state index in [1.54, 1.807) is 6.07 Å². The van der Waals surface area contributed by atoms with Crippen molar-refractivity contribution in [1.29, 1.82) is 0 Å². The van der Waals surface area contributed by atoms with Gasteiger partial charge in [0, 0.05) is 36.8 Å². The van der Waals surface area contributed by atoms with Gasteiger partial charge in [0.15, 0.2) is 0 Å². The monoisotopic (exact) mass is 386 g/mol. The van der Waals surface area contributed by atoms with E-state index in [1.165, 1.54) is 0 Å². The largest absolute Gasteiger partial charge is 0.395 e. The molecule has 7 nitrogen and oxygen atoms in total. The summed E-state index contributed by atoms with van der Waals surface area (Å²) in [6, 6.07) is 1.67. The highest BCUT2D eigenvalue weighted by Gasteiger charge is 2.33. The van der Waals surface area contributed by atoms with Crippen LogP contribution in [0.2, 0.25) is 0 Å². The van der Waals surface area contributed by atoms with Gasteiger partial charge < -0.3 is 15.4 Å². The molecule has 0 unspecified atom stereocenters. The molecule has 26 heavy (non-hydrogen) atoms. The summed E-state index contributed by atoms with van der Waals surface area (Å²) in [5.74, 6) is 0.0399. The molecule has 0 aliphatic carbocycles. The minimum atomic E-state index is -0.504. The number of likely N-dealkylation sites (tertiary alicyclic amines) is 1. The molecule has 1 aromatic heterocycles. The Morgan fingerprint density at radius 1 is 1.42 bits per heavy atom. The van der Waals surface area contributed by atoms with E-state index in [0.29, 0.717) is 24.7 Å². The van der Waals surface area contributed by atoms with E-state index in [0.717, 1.165) is 19.4 Å². The number of β-amino-alcohol motifs (C(OH)–C–C–N with tert-alkyl or cyclic N) is 1. The first-order valence-electron chi connectivity index (χ1n) is 9.00. The van der Waals surface area contributed by atoms with Crippen molar-refractivity contribution in [3.8, 4) is 0 Å². The van der Waals surface area contributed by atoms with Crippen molar-refractivity contribution in [2.75, 3.05) is 26.2 Å². The molecule has 148 valence electrons. The summed E-state index contributed by atoms with van der Waals surface area (Å²) in [5.41, 5.74) is 0.0734. The fourth-order valence-corrected chi connectivity index (χ4v) is 3.33. The Morgan fingerprint density at radius 2 is 2.12 bits per heavy atom. The van der Waals surface area contributed by atoms with Gasteiger partial charge in [0.25, 0.3) is 5.91 Å². The summed E-state index contributed by atoms with van der Waals surface area (Å²) >= 11 is 0. The van der Waals surface area contributed by atoms with Crippen molar-refractivity contribution in [2.45, 2.75) is 52.0 Å². The summed E-state index contributed by atoms with van der Waals surface area (Å²) in [6.07, 6.45) is 2.06. The first kappa shape index (κ1) is 22.6. The van der Waals surface area contributed by atoms with Gasteiger partial charge >= 0.3 is 5.69 Å². The number of aromatic amines is 1. The maximum atomic E-state index is 12.7. The molecule has 0 radical (unpaired) electrons. The van der Waals surface area contributed by atoms with Crippen LogP contribution >= 0.6 is 12.4 Å². The predicted octanol–water partition coefficient (Wildman–Crippen LogP) is 1.31. The van der Waals surface area contributed by atoms with Gasteiger partial charge in [-0.15, -0.1) is 12.4 Å². The van der Waals surface area contributed by atoms with E-state index in [-0.39, 0.29) is 42.1 Å². The highest BCUT2D eigenvalue weighted by Crippen LogP contribution is 2.22. The molecule has 1 aliphatic heterocycles. The molecule has 0 saturated carbocycles. The zero-order valence-electron chi connectivity index (χ0n) is 16.0. The molecule has 1 aliphatic rings. The maximum absolute atomic E-state index is 12.7. The average molecular weight is 387 g/mol. The molecule has 8 heteroatoms. The summed E-state index contributed by atoms with van der Waals surface area (Å²) in [6.45, 7) is 10.4. The number of carbonyl (C=O) groups excluding carboxylic acids is 1. The lowest BCUT2D eigenvalue weighted by Gasteiger charge is -2.21. The standard InChI is InChI=1S/C18H30N4O3.ClH/c1-5-6-12-10-22(7-8-23)11-14(12)19-16(24)13-9-15(18(2,3)4)21-17(25)20-13;/h9,12,14,23H,5-8,10-11H2,1-4H3,(H,19,24)(H,20,21,25);1H/t12-,14-;/m0./s1. The first-order chi connectivity index (χ1) is 11.7. The predicted molar refractivity (Wildman–Crippen MR) is 104 cm³/mol. The number of H-pyrrole nitrogens is 1. The van der Waals surface area contributed by atoms with Crippen LogP contribution in [0.4, 0.5) is 0 Å². The second-order valence-electron chi connectivity index (χ2n) is 7.85. The number of hydrogen-bond acceptors (Lipinski definition) is 5. The lowest BCUT2D eigenvalue weighted by atomic mass is 9.91. The lowest BCUT2D eigenvalue weighted by molar-refractivity contribution is 0.0923. The number of hydrogen-bond donors (Lipinski definition) is 3. The van der Waals surface area contributed by atoms with Gasteiger partial charge in [0.2, 0.25) is 0 Å². The van der Waals surface area contributed by atoms with Crippen molar-refractivity contribution in [3.63, 3.8) is 0 Å². The van der Waals surface area contributed by atoms with Gasteiger partial charge in [-0.25, -0.2) is 4.79 Å². The van der Waals surface area contributed by atoms with Gasteiger partial charge in [-0.1, -0.05) is 34.1 Å². The summed E-state index contributed by atoms with van der Waals surface area (Å²) in [5, 5.41) is 12.2. The number of carbonyl (C=O) groups is 1. The second-order valence-corrected chi connectivity index (χ2v) is 7.85. The summed E-state index contributed by atoms with van der Waals surface area (Å²) < 4.78 is 0. The van der Waals surface area contributed by atoms with Crippen LogP contribution in [-0.4, -0.2) is 58.2 Å². The average Bonchev–Trinajstić information content (AvgIpc) is 2.88. The van der Waals surface area contributed by atoms with E-state index in [4.69, 9.17) is 5.11 Å². The number of aliphatic hydroxyl groups excluding tert-OH is 1. The quantitative estimate of drug-likeness (QED) is 0.684. The summed E-state index contributed by atoms with van der Waals surface area (Å²) in [4.78, 5) is 33.2. The molecule has 2 heterocycles. The molecular formula is C18H31ClN4O3. The van der Waals surface area contributed by atoms with Crippen molar-refractivity contribution >= 4 is 18.3 Å². The topological polar surface area (TPSA) is 98.3 Å². The number of nitrogens with zero attached hydrogens (tertiary/aromatic N) is 2. The molecule has 2 rings (SSSR count). The van der Waals surface area contributed by atoms with Gasteiger partial charge in [-0.3, -0.25) is 9.69 Å². The lowest BCUT2D eigenvalue weighted by Crippen LogP contribution is -2.41. The second kappa shape index (κ2) is 9.48. The first-order valence-corrected chi connectivity index (χ1v) is 9.00. The van der Waals surface area contributed by atoms with Crippen LogP contribution in [0, 0.1) is 5.92 Å². The normalized spacial score (nSPS) is 20.7. The molecule has 0 bridgehead atoms. The SMILES string of the molecule is CCC[C@H]1CN(CCO)C[C@@H]1NC(=O)c1cc(C(C)(C)C)[nH]c(=O)n1.Cl. The Bertz CT molecular complexity index is 657. The third-order valence-electron chi connectivity index (χ3n) is 4.69. The van der Waals surface area contributed by atoms with E-state index in [1.807, 2.05) is 20.8 Å². The minimum Gasteiger partial charge on any atom is -0.395 e. The number of rotatable bonds is 6. The fourth-order valence-electron chi connectivity index (χ4n) is 3.33. The number of halogens is 1. The molecule has 1 aromatic rings. The van der Waals surface area contributed by atoms with E-state index in [2.05, 4.69) is 27.1 Å². The third-order valence-corrected chi connectivity index (χ3v) is 4.69. The molecule has 1 saturated heterocycles. The number of aliphatic hydroxyl groups is 1. The summed E-state index contributed by atoms with van der Waals surface area (Å²) in [7, 11) is 0. The molecule has 1 amide bonds. The Hall–Kier alpha value is -1.44. The van der Waals surface area contributed by atoms with Gasteiger partial charge in [0.05, 0.1) is 6.61 Å². The highest BCUT2D eigenvalue weighted by molar-refractivity contribution is 5.92. The van der Waals surface area contributed by atoms with Crippen LogP contribution in [0.5, 0.6) is 0 Å². The maximum Gasteiger partial charge on any atom is 0.345 e. The Kier molecular flexibility index (Phi) is 8.24. The van der Waals surface area contributed by atoms with E-state index in [9.17, 15) is 9.59 Å². The minimum absolute atomic E-state index is 0. The van der Waals surface area contributed by atoms with E-state index < -0.39 is 5.69 Å². The molecule has 1 fully saturated rings. The van der Waals surface area contributed by atoms with Crippen LogP contribution in [0.25, 0.3) is 0 Å². The number of amides is 1. The molecular weight excluding hydrogens is 356 g/mol. The zero-order chi connectivity index (χ0) is 18.6. The Labute approximate surface area is 161 Å².